The maximum absolute atomic E-state index is 13.8. The van der Waals surface area contributed by atoms with Gasteiger partial charge in [-0.2, -0.15) is 0 Å². The predicted octanol–water partition coefficient (Wildman–Crippen LogP) is 4.52. The fourth-order valence-corrected chi connectivity index (χ4v) is 4.10. The summed E-state index contributed by atoms with van der Waals surface area (Å²) in [4.78, 5) is 13.4. The van der Waals surface area contributed by atoms with Crippen molar-refractivity contribution < 1.29 is 18.9 Å². The van der Waals surface area contributed by atoms with Crippen LogP contribution in [0.5, 0.6) is 0 Å². The normalized spacial score (nSPS) is 12.2. The van der Waals surface area contributed by atoms with Crippen molar-refractivity contribution in [1.82, 2.24) is 0 Å². The van der Waals surface area contributed by atoms with Crippen LogP contribution in [-0.4, -0.2) is 12.5 Å². The number of carbonyl (C=O) groups is 1. The summed E-state index contributed by atoms with van der Waals surface area (Å²) in [7, 11) is 0. The lowest BCUT2D eigenvalue weighted by atomic mass is 9.99. The number of nitrogens with two attached hydrogens (primary N) is 1. The summed E-state index contributed by atoms with van der Waals surface area (Å²) in [6.07, 6.45) is 1.02. The number of carbonyl (C=O) groups excluding carboxylic acids is 1. The predicted molar refractivity (Wildman–Crippen MR) is 113 cm³/mol. The molecule has 0 saturated carbocycles. The summed E-state index contributed by atoms with van der Waals surface area (Å²) in [5.41, 5.74) is 1.96. The molecule has 1 amide bonds. The van der Waals surface area contributed by atoms with Gasteiger partial charge < -0.3 is 10.6 Å². The van der Waals surface area contributed by atoms with Gasteiger partial charge in [0.05, 0.1) is 4.88 Å². The summed E-state index contributed by atoms with van der Waals surface area (Å²) in [6.45, 7) is 4.42. The molecule has 1 aromatic heterocycles. The minimum Gasteiger partial charge on any atom is -0.328 e. The number of para-hydroxylation sites is 1. The summed E-state index contributed by atoms with van der Waals surface area (Å²) in [5, 5.41) is 6.23. The van der Waals surface area contributed by atoms with Crippen LogP contribution in [0.2, 0.25) is 0 Å². The number of anilines is 1. The zero-order valence-electron chi connectivity index (χ0n) is 16.5. The fraction of sp³-hybridized carbons (Fsp3) is 0.261. The Labute approximate surface area is 173 Å². The van der Waals surface area contributed by atoms with Crippen LogP contribution in [0.25, 0.3) is 0 Å². The second-order valence-corrected chi connectivity index (χ2v) is 8.40. The highest BCUT2D eigenvalue weighted by Gasteiger charge is 2.21. The molecular weight excluding hydrogens is 390 g/mol. The smallest absolute Gasteiger partial charge is 0.279 e. The summed E-state index contributed by atoms with van der Waals surface area (Å²) in [5.74, 6) is -1.43. The molecule has 1 heterocycles. The Balaban J connectivity index is 1.71. The summed E-state index contributed by atoms with van der Waals surface area (Å²) < 4.78 is 27.5. The molecule has 1 atom stereocenters. The van der Waals surface area contributed by atoms with Crippen molar-refractivity contribution in [1.29, 1.82) is 0 Å². The first-order valence-electron chi connectivity index (χ1n) is 9.63. The van der Waals surface area contributed by atoms with E-state index in [-0.39, 0.29) is 12.6 Å². The minimum atomic E-state index is -0.783. The Morgan fingerprint density at radius 3 is 2.31 bits per heavy atom. The SMILES string of the molecule is CC(C)Cc1ccc([C@@H]([NH2+]CC(=O)Nc2c(F)cccc2F)c2cccs2)cc1. The Hall–Kier alpha value is -2.57. The molecule has 6 heteroatoms. The Morgan fingerprint density at radius 2 is 1.72 bits per heavy atom. The van der Waals surface area contributed by atoms with Gasteiger partial charge in [-0.25, -0.2) is 8.78 Å². The van der Waals surface area contributed by atoms with E-state index in [2.05, 4.69) is 43.4 Å². The first kappa shape index (κ1) is 21.1. The molecule has 0 aliphatic rings. The average Bonchev–Trinajstić information content (AvgIpc) is 3.20. The van der Waals surface area contributed by atoms with Crippen LogP contribution in [0.1, 0.15) is 35.9 Å². The van der Waals surface area contributed by atoms with E-state index < -0.39 is 23.2 Å². The van der Waals surface area contributed by atoms with Crippen molar-refractivity contribution in [3.63, 3.8) is 0 Å². The molecule has 152 valence electrons. The van der Waals surface area contributed by atoms with Crippen LogP contribution in [0, 0.1) is 17.6 Å². The largest absolute Gasteiger partial charge is 0.328 e. The van der Waals surface area contributed by atoms with Crippen LogP contribution in [0.15, 0.2) is 60.0 Å². The number of hydrogen-bond acceptors (Lipinski definition) is 2. The van der Waals surface area contributed by atoms with Crippen LogP contribution in [0.3, 0.4) is 0 Å². The Morgan fingerprint density at radius 1 is 1.03 bits per heavy atom. The molecule has 0 saturated heterocycles. The van der Waals surface area contributed by atoms with E-state index in [1.807, 2.05) is 22.8 Å². The van der Waals surface area contributed by atoms with Crippen molar-refractivity contribution in [2.75, 3.05) is 11.9 Å². The molecule has 0 aliphatic heterocycles. The van der Waals surface area contributed by atoms with Gasteiger partial charge in [-0.05, 0) is 41.5 Å². The Bertz CT molecular complexity index is 920. The van der Waals surface area contributed by atoms with E-state index in [0.717, 1.165) is 29.0 Å². The lowest BCUT2D eigenvalue weighted by molar-refractivity contribution is -0.675. The zero-order valence-corrected chi connectivity index (χ0v) is 17.3. The third-order valence-electron chi connectivity index (χ3n) is 4.60. The van der Waals surface area contributed by atoms with E-state index in [1.165, 1.54) is 11.6 Å². The lowest BCUT2D eigenvalue weighted by Gasteiger charge is -2.16. The molecule has 0 spiro atoms. The quantitative estimate of drug-likeness (QED) is 0.558. The van der Waals surface area contributed by atoms with E-state index >= 15 is 0 Å². The van der Waals surface area contributed by atoms with Crippen molar-refractivity contribution in [3.8, 4) is 0 Å². The third kappa shape index (κ3) is 5.71. The van der Waals surface area contributed by atoms with Gasteiger partial charge in [0, 0.05) is 5.56 Å². The van der Waals surface area contributed by atoms with Gasteiger partial charge in [0.15, 0.2) is 6.54 Å². The monoisotopic (exact) mass is 415 g/mol. The molecule has 0 fully saturated rings. The highest BCUT2D eigenvalue weighted by Crippen LogP contribution is 2.24. The van der Waals surface area contributed by atoms with E-state index in [0.29, 0.717) is 5.92 Å². The number of halogens is 2. The van der Waals surface area contributed by atoms with Gasteiger partial charge in [-0.3, -0.25) is 4.79 Å². The Kier molecular flexibility index (Phi) is 7.12. The van der Waals surface area contributed by atoms with Gasteiger partial charge in [0.2, 0.25) is 0 Å². The van der Waals surface area contributed by atoms with Crippen molar-refractivity contribution in [3.05, 3.63) is 87.6 Å². The lowest BCUT2D eigenvalue weighted by Crippen LogP contribution is -2.87. The van der Waals surface area contributed by atoms with Crippen LogP contribution in [0.4, 0.5) is 14.5 Å². The van der Waals surface area contributed by atoms with Crippen LogP contribution >= 0.6 is 11.3 Å². The number of benzene rings is 2. The van der Waals surface area contributed by atoms with Crippen molar-refractivity contribution in [2.45, 2.75) is 26.3 Å². The van der Waals surface area contributed by atoms with E-state index in [4.69, 9.17) is 0 Å². The number of nitrogens with one attached hydrogen (secondary N) is 1. The number of hydrogen-bond donors (Lipinski definition) is 2. The topological polar surface area (TPSA) is 45.7 Å². The molecular formula is C23H25F2N2OS+. The maximum Gasteiger partial charge on any atom is 0.279 e. The first-order chi connectivity index (χ1) is 13.9. The molecule has 3 rings (SSSR count). The van der Waals surface area contributed by atoms with Gasteiger partial charge in [-0.15, -0.1) is 11.3 Å². The molecule has 0 aliphatic carbocycles. The molecule has 0 radical (unpaired) electrons. The van der Waals surface area contributed by atoms with Crippen LogP contribution in [-0.2, 0) is 11.2 Å². The minimum absolute atomic E-state index is 0.0457. The summed E-state index contributed by atoms with van der Waals surface area (Å²) in [6, 6.07) is 15.9. The van der Waals surface area contributed by atoms with Gasteiger partial charge >= 0.3 is 0 Å². The first-order valence-corrected chi connectivity index (χ1v) is 10.5. The van der Waals surface area contributed by atoms with E-state index in [9.17, 15) is 13.6 Å². The number of thiophene rings is 1. The van der Waals surface area contributed by atoms with Gasteiger partial charge in [-0.1, -0.05) is 50.2 Å². The average molecular weight is 416 g/mol. The molecule has 3 N–H and O–H groups in total. The van der Waals surface area contributed by atoms with Crippen molar-refractivity contribution >= 4 is 22.9 Å². The van der Waals surface area contributed by atoms with Gasteiger partial charge in [0.1, 0.15) is 23.4 Å². The molecule has 2 aromatic carbocycles. The second-order valence-electron chi connectivity index (χ2n) is 7.42. The number of quaternary nitrogens is 1. The number of rotatable bonds is 8. The molecule has 29 heavy (non-hydrogen) atoms. The fourth-order valence-electron chi connectivity index (χ4n) is 3.25. The third-order valence-corrected chi connectivity index (χ3v) is 5.55. The second kappa shape index (κ2) is 9.76. The maximum atomic E-state index is 13.8. The zero-order chi connectivity index (χ0) is 20.8. The number of amides is 1. The molecule has 0 unspecified atom stereocenters. The highest BCUT2D eigenvalue weighted by molar-refractivity contribution is 7.10. The van der Waals surface area contributed by atoms with Crippen LogP contribution < -0.4 is 10.6 Å². The summed E-state index contributed by atoms with van der Waals surface area (Å²) >= 11 is 1.62. The molecule has 0 bridgehead atoms. The van der Waals surface area contributed by atoms with E-state index in [1.54, 1.807) is 11.3 Å². The molecule has 3 nitrogen and oxygen atoms in total. The van der Waals surface area contributed by atoms with Crippen molar-refractivity contribution in [2.24, 2.45) is 5.92 Å². The van der Waals surface area contributed by atoms with Gasteiger partial charge in [0.25, 0.3) is 5.91 Å². The highest BCUT2D eigenvalue weighted by atomic mass is 32.1. The molecule has 3 aromatic rings. The standard InChI is InChI=1S/C23H24F2N2OS/c1-15(2)13-16-8-10-17(11-9-16)22(20-7-4-12-29-20)26-14-21(28)27-23-18(24)5-3-6-19(23)25/h3-12,15,22,26H,13-14H2,1-2H3,(H,27,28)/p+1/t22-/m1/s1.